The second-order valence-corrected chi connectivity index (χ2v) is 7.00. The van der Waals surface area contributed by atoms with Crippen molar-refractivity contribution in [3.8, 4) is 5.75 Å². The predicted molar refractivity (Wildman–Crippen MR) is 101 cm³/mol. The van der Waals surface area contributed by atoms with Crippen molar-refractivity contribution in [2.75, 3.05) is 20.2 Å². The van der Waals surface area contributed by atoms with Gasteiger partial charge in [0.1, 0.15) is 5.75 Å². The highest BCUT2D eigenvalue weighted by atomic mass is 16.5. The highest BCUT2D eigenvalue weighted by Gasteiger charge is 2.46. The number of rotatable bonds is 8. The summed E-state index contributed by atoms with van der Waals surface area (Å²) in [6, 6.07) is 7.83. The van der Waals surface area contributed by atoms with Crippen LogP contribution in [0.1, 0.15) is 31.2 Å². The zero-order valence-corrected chi connectivity index (χ0v) is 15.6. The maximum Gasteiger partial charge on any atom is 0.233 e. The summed E-state index contributed by atoms with van der Waals surface area (Å²) in [5, 5.41) is 2.87. The van der Waals surface area contributed by atoms with Crippen molar-refractivity contribution in [1.29, 1.82) is 0 Å². The predicted octanol–water partition coefficient (Wildman–Crippen LogP) is 2.09. The van der Waals surface area contributed by atoms with Gasteiger partial charge < -0.3 is 10.1 Å². The van der Waals surface area contributed by atoms with Crippen LogP contribution < -0.4 is 10.1 Å². The van der Waals surface area contributed by atoms with Gasteiger partial charge in [0.15, 0.2) is 0 Å². The highest BCUT2D eigenvalue weighted by Crippen LogP contribution is 2.34. The van der Waals surface area contributed by atoms with Crippen LogP contribution in [0, 0.1) is 11.8 Å². The van der Waals surface area contributed by atoms with Gasteiger partial charge in [0, 0.05) is 19.5 Å². The number of carbonyl (C=O) groups is 3. The van der Waals surface area contributed by atoms with Crippen molar-refractivity contribution >= 4 is 17.7 Å². The number of ether oxygens (including phenoxy) is 1. The van der Waals surface area contributed by atoms with Crippen LogP contribution in [0.3, 0.4) is 0 Å². The molecule has 6 heteroatoms. The molecular weight excluding hydrogens is 344 g/mol. The fraction of sp³-hybridized carbons (Fsp3) is 0.476. The Bertz CT molecular complexity index is 717. The molecule has 0 unspecified atom stereocenters. The lowest BCUT2D eigenvalue weighted by Crippen LogP contribution is -2.35. The van der Waals surface area contributed by atoms with Gasteiger partial charge in [0.05, 0.1) is 18.9 Å². The van der Waals surface area contributed by atoms with E-state index in [0.29, 0.717) is 19.4 Å². The Morgan fingerprint density at radius 3 is 2.48 bits per heavy atom. The summed E-state index contributed by atoms with van der Waals surface area (Å²) in [6.07, 6.45) is 6.93. The summed E-state index contributed by atoms with van der Waals surface area (Å²) < 4.78 is 5.32. The Morgan fingerprint density at radius 1 is 1.15 bits per heavy atom. The van der Waals surface area contributed by atoms with Gasteiger partial charge >= 0.3 is 0 Å². The van der Waals surface area contributed by atoms with Gasteiger partial charge in [-0.2, -0.15) is 0 Å². The van der Waals surface area contributed by atoms with Crippen LogP contribution in [0.2, 0.25) is 0 Å². The first-order valence-electron chi connectivity index (χ1n) is 9.50. The average molecular weight is 370 g/mol. The summed E-state index contributed by atoms with van der Waals surface area (Å²) in [6.45, 7) is 0.719. The molecule has 1 fully saturated rings. The first-order valence-corrected chi connectivity index (χ1v) is 9.50. The summed E-state index contributed by atoms with van der Waals surface area (Å²) in [5.74, 6) is 0.00365. The number of fused-ring (bicyclic) bond motifs is 1. The number of benzene rings is 1. The monoisotopic (exact) mass is 370 g/mol. The van der Waals surface area contributed by atoms with Gasteiger partial charge in [-0.25, -0.2) is 0 Å². The molecule has 144 valence electrons. The number of hydrogen-bond donors (Lipinski definition) is 1. The maximum absolute atomic E-state index is 12.4. The molecule has 1 aliphatic carbocycles. The van der Waals surface area contributed by atoms with E-state index in [4.69, 9.17) is 4.74 Å². The van der Waals surface area contributed by atoms with E-state index in [1.54, 1.807) is 7.11 Å². The van der Waals surface area contributed by atoms with Crippen LogP contribution >= 0.6 is 0 Å². The number of methoxy groups -OCH3 is 1. The lowest BCUT2D eigenvalue weighted by molar-refractivity contribution is -0.140. The minimum atomic E-state index is -0.230. The molecule has 1 aromatic carbocycles. The molecule has 0 spiro atoms. The summed E-state index contributed by atoms with van der Waals surface area (Å²) in [5.41, 5.74) is 1.11. The molecule has 27 heavy (non-hydrogen) atoms. The van der Waals surface area contributed by atoms with E-state index >= 15 is 0 Å². The van der Waals surface area contributed by atoms with Crippen molar-refractivity contribution in [3.63, 3.8) is 0 Å². The van der Waals surface area contributed by atoms with Crippen LogP contribution in [-0.2, 0) is 20.8 Å². The van der Waals surface area contributed by atoms with Gasteiger partial charge in [-0.3, -0.25) is 19.3 Å². The number of aryl methyl sites for hydroxylation is 1. The van der Waals surface area contributed by atoms with Crippen molar-refractivity contribution in [2.45, 2.75) is 32.1 Å². The largest absolute Gasteiger partial charge is 0.496 e. The number of hydrogen-bond acceptors (Lipinski definition) is 4. The van der Waals surface area contributed by atoms with Crippen LogP contribution in [0.4, 0.5) is 0 Å². The number of carbonyl (C=O) groups excluding carboxylic acids is 3. The lowest BCUT2D eigenvalue weighted by atomic mass is 9.85. The molecular formula is C21H26N2O4. The average Bonchev–Trinajstić information content (AvgIpc) is 2.94. The lowest BCUT2D eigenvalue weighted by Gasteiger charge is -2.14. The number of allylic oxidation sites excluding steroid dienone is 2. The third-order valence-corrected chi connectivity index (χ3v) is 5.30. The number of likely N-dealkylation sites (tertiary alicyclic amines) is 1. The fourth-order valence-electron chi connectivity index (χ4n) is 3.81. The van der Waals surface area contributed by atoms with E-state index in [9.17, 15) is 14.4 Å². The molecule has 1 aromatic rings. The molecule has 3 amide bonds. The maximum atomic E-state index is 12.4. The number of imide groups is 1. The minimum Gasteiger partial charge on any atom is -0.496 e. The zero-order valence-electron chi connectivity index (χ0n) is 15.6. The molecule has 0 radical (unpaired) electrons. The van der Waals surface area contributed by atoms with Crippen molar-refractivity contribution in [1.82, 2.24) is 10.2 Å². The quantitative estimate of drug-likeness (QED) is 0.432. The van der Waals surface area contributed by atoms with E-state index in [-0.39, 0.29) is 42.5 Å². The van der Waals surface area contributed by atoms with Crippen LogP contribution in [0.15, 0.2) is 36.4 Å². The molecule has 0 saturated carbocycles. The Kier molecular flexibility index (Phi) is 6.27. The Balaban J connectivity index is 1.39. The van der Waals surface area contributed by atoms with Gasteiger partial charge in [0.25, 0.3) is 0 Å². The molecule has 1 aliphatic heterocycles. The standard InChI is InChI=1S/C21H26N2O4/c1-27-18-11-5-2-7-15(18)8-6-13-22-19(24)12-14-23-20(25)16-9-3-4-10-17(16)21(23)26/h2-5,7,11,16-17H,6,8-10,12-14H2,1H3,(H,22,24)/t16-,17+. The molecule has 1 saturated heterocycles. The number of para-hydroxylation sites is 1. The summed E-state index contributed by atoms with van der Waals surface area (Å²) in [4.78, 5) is 38.1. The molecule has 3 rings (SSSR count). The van der Waals surface area contributed by atoms with E-state index < -0.39 is 0 Å². The SMILES string of the molecule is COc1ccccc1CCCNC(=O)CCN1C(=O)[C@H]2CC=CC[C@H]2C1=O. The molecule has 6 nitrogen and oxygen atoms in total. The molecule has 1 N–H and O–H groups in total. The van der Waals surface area contributed by atoms with E-state index in [1.807, 2.05) is 36.4 Å². The van der Waals surface area contributed by atoms with Crippen LogP contribution in [-0.4, -0.2) is 42.8 Å². The minimum absolute atomic E-state index is 0.127. The third-order valence-electron chi connectivity index (χ3n) is 5.30. The second kappa shape index (κ2) is 8.84. The Hall–Kier alpha value is -2.63. The Morgan fingerprint density at radius 2 is 1.81 bits per heavy atom. The smallest absolute Gasteiger partial charge is 0.233 e. The Labute approximate surface area is 159 Å². The summed E-state index contributed by atoms with van der Waals surface area (Å²) >= 11 is 0. The van der Waals surface area contributed by atoms with Crippen molar-refractivity contribution < 1.29 is 19.1 Å². The van der Waals surface area contributed by atoms with Gasteiger partial charge in [-0.05, 0) is 37.3 Å². The molecule has 0 bridgehead atoms. The summed E-state index contributed by atoms with van der Waals surface area (Å²) in [7, 11) is 1.65. The molecule has 0 aromatic heterocycles. The van der Waals surface area contributed by atoms with Crippen LogP contribution in [0.25, 0.3) is 0 Å². The second-order valence-electron chi connectivity index (χ2n) is 7.00. The number of nitrogens with zero attached hydrogens (tertiary/aromatic N) is 1. The topological polar surface area (TPSA) is 75.7 Å². The fourth-order valence-corrected chi connectivity index (χ4v) is 3.81. The van der Waals surface area contributed by atoms with E-state index in [2.05, 4.69) is 5.32 Å². The van der Waals surface area contributed by atoms with Gasteiger partial charge in [-0.15, -0.1) is 0 Å². The van der Waals surface area contributed by atoms with Crippen molar-refractivity contribution in [2.24, 2.45) is 11.8 Å². The molecule has 2 atom stereocenters. The number of amides is 3. The van der Waals surface area contributed by atoms with E-state index in [0.717, 1.165) is 24.2 Å². The van der Waals surface area contributed by atoms with Crippen molar-refractivity contribution in [3.05, 3.63) is 42.0 Å². The molecule has 2 aliphatic rings. The first-order chi connectivity index (χ1) is 13.1. The van der Waals surface area contributed by atoms with Gasteiger partial charge in [0.2, 0.25) is 17.7 Å². The molecule has 1 heterocycles. The van der Waals surface area contributed by atoms with Crippen LogP contribution in [0.5, 0.6) is 5.75 Å². The normalized spacial score (nSPS) is 21.3. The highest BCUT2D eigenvalue weighted by molar-refractivity contribution is 6.05. The van der Waals surface area contributed by atoms with Gasteiger partial charge in [-0.1, -0.05) is 30.4 Å². The third kappa shape index (κ3) is 4.38. The first kappa shape index (κ1) is 19.1. The zero-order chi connectivity index (χ0) is 19.2. The number of nitrogens with one attached hydrogen (secondary N) is 1. The van der Waals surface area contributed by atoms with E-state index in [1.165, 1.54) is 4.90 Å².